The number of hydrogen-bond acceptors (Lipinski definition) is 2. The molecule has 0 atom stereocenters. The Morgan fingerprint density at radius 1 is 1.25 bits per heavy atom. The molecule has 0 aromatic heterocycles. The highest BCUT2D eigenvalue weighted by Gasteiger charge is 1.91. The molecule has 1 aromatic carbocycles. The van der Waals surface area contributed by atoms with E-state index >= 15 is 0 Å². The van der Waals surface area contributed by atoms with E-state index in [2.05, 4.69) is 45.5 Å². The van der Waals surface area contributed by atoms with Crippen LogP contribution in [0.25, 0.3) is 0 Å². The van der Waals surface area contributed by atoms with Gasteiger partial charge < -0.3 is 4.18 Å². The van der Waals surface area contributed by atoms with E-state index in [9.17, 15) is 0 Å². The smallest absolute Gasteiger partial charge is 0.0650 e. The molecular formula is C9H11IOS. The van der Waals surface area contributed by atoms with E-state index in [1.807, 2.05) is 6.07 Å². The molecule has 0 aliphatic heterocycles. The van der Waals surface area contributed by atoms with Gasteiger partial charge in [0.2, 0.25) is 0 Å². The molecule has 0 saturated heterocycles. The van der Waals surface area contributed by atoms with Crippen molar-refractivity contribution in [2.45, 2.75) is 12.8 Å². The van der Waals surface area contributed by atoms with Crippen molar-refractivity contribution in [3.63, 3.8) is 0 Å². The molecule has 0 aliphatic carbocycles. The summed E-state index contributed by atoms with van der Waals surface area (Å²) in [6.07, 6.45) is 2.21. The lowest BCUT2D eigenvalue weighted by Crippen LogP contribution is -1.89. The molecule has 0 amide bonds. The second-order valence-electron chi connectivity index (χ2n) is 2.47. The Morgan fingerprint density at radius 2 is 2.00 bits per heavy atom. The van der Waals surface area contributed by atoms with Gasteiger partial charge in [-0.3, -0.25) is 0 Å². The molecule has 0 N–H and O–H groups in total. The highest BCUT2D eigenvalue weighted by Crippen LogP contribution is 2.13. The average Bonchev–Trinajstić information content (AvgIpc) is 2.14. The summed E-state index contributed by atoms with van der Waals surface area (Å²) >= 11 is 2.14. The normalized spacial score (nSPS) is 10.1. The molecule has 1 aromatic rings. The van der Waals surface area contributed by atoms with Gasteiger partial charge in [-0.2, -0.15) is 0 Å². The lowest BCUT2D eigenvalue weighted by molar-refractivity contribution is 0.371. The molecule has 66 valence electrons. The van der Waals surface area contributed by atoms with Crippen LogP contribution in [-0.4, -0.2) is 6.61 Å². The first kappa shape index (κ1) is 10.3. The second-order valence-corrected chi connectivity index (χ2v) is 3.91. The number of halogens is 1. The number of rotatable bonds is 5. The summed E-state index contributed by atoms with van der Waals surface area (Å²) in [5.74, 6) is 0. The molecule has 0 spiro atoms. The maximum absolute atomic E-state index is 5.16. The van der Waals surface area contributed by atoms with Crippen molar-refractivity contribution >= 4 is 30.4 Å². The second kappa shape index (κ2) is 6.74. The Balaban J connectivity index is 2.16. The number of hydrogen-bond donors (Lipinski definition) is 0. The minimum atomic E-state index is 0.836. The van der Waals surface area contributed by atoms with Gasteiger partial charge in [0.15, 0.2) is 0 Å². The molecule has 0 heterocycles. The van der Waals surface area contributed by atoms with Gasteiger partial charge in [-0.25, -0.2) is 0 Å². The Kier molecular flexibility index (Phi) is 5.81. The van der Waals surface area contributed by atoms with Crippen LogP contribution in [0.4, 0.5) is 0 Å². The van der Waals surface area contributed by atoms with Crippen molar-refractivity contribution in [1.29, 1.82) is 0 Å². The zero-order valence-electron chi connectivity index (χ0n) is 6.70. The predicted octanol–water partition coefficient (Wildman–Crippen LogP) is 3.63. The molecule has 1 nitrogen and oxygen atoms in total. The van der Waals surface area contributed by atoms with E-state index in [4.69, 9.17) is 4.18 Å². The maximum Gasteiger partial charge on any atom is 0.0650 e. The number of benzene rings is 1. The summed E-state index contributed by atoms with van der Waals surface area (Å²) in [6.45, 7) is 0.836. The Bertz CT molecular complexity index is 203. The van der Waals surface area contributed by atoms with Crippen LogP contribution in [0, 0.1) is 0 Å². The molecule has 0 fully saturated rings. The summed E-state index contributed by atoms with van der Waals surface area (Å²) in [4.78, 5) is 0. The van der Waals surface area contributed by atoms with Gasteiger partial charge in [0.05, 0.1) is 15.8 Å². The molecule has 0 unspecified atom stereocenters. The summed E-state index contributed by atoms with van der Waals surface area (Å²) < 4.78 is 5.16. The van der Waals surface area contributed by atoms with Crippen LogP contribution >= 0.6 is 30.4 Å². The van der Waals surface area contributed by atoms with Crippen molar-refractivity contribution in [1.82, 2.24) is 0 Å². The van der Waals surface area contributed by atoms with E-state index in [1.165, 1.54) is 14.8 Å². The van der Waals surface area contributed by atoms with Crippen LogP contribution in [0.3, 0.4) is 0 Å². The van der Waals surface area contributed by atoms with Crippen LogP contribution in [-0.2, 0) is 10.6 Å². The fourth-order valence-corrected chi connectivity index (χ4v) is 1.73. The van der Waals surface area contributed by atoms with Crippen LogP contribution in [0.1, 0.15) is 12.0 Å². The molecule has 0 saturated carbocycles. The quantitative estimate of drug-likeness (QED) is 0.466. The van der Waals surface area contributed by atoms with Gasteiger partial charge in [0.1, 0.15) is 0 Å². The standard InChI is InChI=1S/C9H11IOS/c10-12-11-8-4-7-9-5-2-1-3-6-9/h1-3,5-6H,4,7-8H2. The van der Waals surface area contributed by atoms with Gasteiger partial charge in [0.25, 0.3) is 0 Å². The molecule has 12 heavy (non-hydrogen) atoms. The van der Waals surface area contributed by atoms with E-state index in [0.29, 0.717) is 0 Å². The zero-order valence-corrected chi connectivity index (χ0v) is 9.68. The lowest BCUT2D eigenvalue weighted by Gasteiger charge is -1.99. The van der Waals surface area contributed by atoms with Crippen LogP contribution < -0.4 is 0 Å². The predicted molar refractivity (Wildman–Crippen MR) is 62.3 cm³/mol. The average molecular weight is 294 g/mol. The molecular weight excluding hydrogens is 283 g/mol. The van der Waals surface area contributed by atoms with Crippen LogP contribution in [0.5, 0.6) is 0 Å². The van der Waals surface area contributed by atoms with E-state index in [0.717, 1.165) is 19.4 Å². The fourth-order valence-electron chi connectivity index (χ4n) is 1.01. The van der Waals surface area contributed by atoms with Gasteiger partial charge in [-0.05, 0) is 18.4 Å². The molecule has 0 aliphatic rings. The minimum absolute atomic E-state index is 0.836. The van der Waals surface area contributed by atoms with Crippen molar-refractivity contribution < 1.29 is 4.18 Å². The molecule has 3 heteroatoms. The molecule has 1 rings (SSSR count). The molecule has 0 bridgehead atoms. The van der Waals surface area contributed by atoms with Crippen molar-refractivity contribution in [2.24, 2.45) is 0 Å². The monoisotopic (exact) mass is 294 g/mol. The van der Waals surface area contributed by atoms with Crippen molar-refractivity contribution in [3.8, 4) is 0 Å². The first-order valence-electron chi connectivity index (χ1n) is 3.87. The van der Waals surface area contributed by atoms with Gasteiger partial charge in [-0.15, -0.1) is 0 Å². The Hall–Kier alpha value is 0.260. The Morgan fingerprint density at radius 3 is 2.67 bits per heavy atom. The first-order valence-corrected chi connectivity index (χ1v) is 7.16. The maximum atomic E-state index is 5.16. The van der Waals surface area contributed by atoms with Crippen molar-refractivity contribution in [2.75, 3.05) is 6.61 Å². The highest BCUT2D eigenvalue weighted by molar-refractivity contribution is 14.2. The highest BCUT2D eigenvalue weighted by atomic mass is 127. The summed E-state index contributed by atoms with van der Waals surface area (Å²) in [6, 6.07) is 10.5. The van der Waals surface area contributed by atoms with E-state index in [1.54, 1.807) is 0 Å². The topological polar surface area (TPSA) is 9.23 Å². The minimum Gasteiger partial charge on any atom is -0.305 e. The van der Waals surface area contributed by atoms with Gasteiger partial charge in [0, 0.05) is 21.2 Å². The fraction of sp³-hybridized carbons (Fsp3) is 0.333. The van der Waals surface area contributed by atoms with Gasteiger partial charge in [-0.1, -0.05) is 30.3 Å². The first-order chi connectivity index (χ1) is 5.93. The SMILES string of the molecule is ISOCCCc1ccccc1. The van der Waals surface area contributed by atoms with Gasteiger partial charge >= 0.3 is 0 Å². The zero-order chi connectivity index (χ0) is 8.65. The molecule has 0 radical (unpaired) electrons. The lowest BCUT2D eigenvalue weighted by atomic mass is 10.1. The van der Waals surface area contributed by atoms with E-state index in [-0.39, 0.29) is 0 Å². The van der Waals surface area contributed by atoms with Crippen molar-refractivity contribution in [3.05, 3.63) is 35.9 Å². The third-order valence-electron chi connectivity index (χ3n) is 1.58. The van der Waals surface area contributed by atoms with Crippen LogP contribution in [0.2, 0.25) is 0 Å². The third kappa shape index (κ3) is 4.33. The largest absolute Gasteiger partial charge is 0.305 e. The van der Waals surface area contributed by atoms with E-state index < -0.39 is 0 Å². The summed E-state index contributed by atoms with van der Waals surface area (Å²) in [7, 11) is 1.41. The van der Waals surface area contributed by atoms with Crippen LogP contribution in [0.15, 0.2) is 30.3 Å². The Labute approximate surface area is 89.7 Å². The number of aryl methyl sites for hydroxylation is 1. The summed E-state index contributed by atoms with van der Waals surface area (Å²) in [5, 5.41) is 0. The third-order valence-corrected chi connectivity index (χ3v) is 2.60. The summed E-state index contributed by atoms with van der Waals surface area (Å²) in [5.41, 5.74) is 1.39.